The van der Waals surface area contributed by atoms with E-state index in [1.54, 1.807) is 5.01 Å². The largest absolute Gasteiger partial charge is 0.416 e. The van der Waals surface area contributed by atoms with Crippen LogP contribution in [-0.4, -0.2) is 77.8 Å². The van der Waals surface area contributed by atoms with Gasteiger partial charge in [0, 0.05) is 37.3 Å². The smallest absolute Gasteiger partial charge is 0.385 e. The van der Waals surface area contributed by atoms with Crippen molar-refractivity contribution in [2.75, 3.05) is 43.5 Å². The Labute approximate surface area is 231 Å². The molecule has 3 aliphatic rings. The van der Waals surface area contributed by atoms with Crippen molar-refractivity contribution in [2.45, 2.75) is 25.1 Å². The third kappa shape index (κ3) is 5.90. The van der Waals surface area contributed by atoms with Gasteiger partial charge in [-0.15, -0.1) is 0 Å². The maximum Gasteiger partial charge on any atom is 0.416 e. The van der Waals surface area contributed by atoms with E-state index in [0.717, 1.165) is 12.3 Å². The minimum atomic E-state index is -4.62. The number of ketones is 1. The first-order valence-electron chi connectivity index (χ1n) is 12.6. The molecule has 11 nitrogen and oxygen atoms in total. The molecule has 1 aromatic carbocycles. The van der Waals surface area contributed by atoms with Gasteiger partial charge in [0.15, 0.2) is 5.78 Å². The van der Waals surface area contributed by atoms with Crippen molar-refractivity contribution in [3.05, 3.63) is 64.7 Å². The first kappa shape index (κ1) is 28.2. The molecule has 2 amide bonds. The van der Waals surface area contributed by atoms with Crippen LogP contribution in [0.4, 0.5) is 33.9 Å². The average Bonchev–Trinajstić information content (AvgIpc) is 3.25. The number of carbonyl (C=O) groups excluding carboxylic acids is 2. The van der Waals surface area contributed by atoms with E-state index in [-0.39, 0.29) is 23.1 Å². The minimum Gasteiger partial charge on any atom is -0.385 e. The number of amidine groups is 1. The number of aromatic nitrogens is 1. The molecule has 4 heterocycles. The predicted molar refractivity (Wildman–Crippen MR) is 142 cm³/mol. The number of carbonyl (C=O) groups is 2. The van der Waals surface area contributed by atoms with E-state index in [4.69, 9.17) is 10.5 Å². The average molecular weight is 575 g/mol. The summed E-state index contributed by atoms with van der Waals surface area (Å²) in [6.45, 7) is 4.27. The lowest BCUT2D eigenvalue weighted by Gasteiger charge is -2.32. The van der Waals surface area contributed by atoms with Crippen molar-refractivity contribution in [3.8, 4) is 0 Å². The molecule has 3 aliphatic heterocycles. The zero-order chi connectivity index (χ0) is 29.3. The molecular weight excluding hydrogens is 548 g/mol. The summed E-state index contributed by atoms with van der Waals surface area (Å²) in [7, 11) is 0. The number of Topliss-reactive ketones (excluding diaryl/α,β-unsaturated/α-hetero) is 1. The van der Waals surface area contributed by atoms with E-state index in [2.05, 4.69) is 30.6 Å². The van der Waals surface area contributed by atoms with Crippen LogP contribution < -0.4 is 16.4 Å². The molecule has 0 spiro atoms. The first-order valence-corrected chi connectivity index (χ1v) is 12.6. The van der Waals surface area contributed by atoms with Crippen LogP contribution >= 0.6 is 0 Å². The fourth-order valence-corrected chi connectivity index (χ4v) is 5.10. The highest BCUT2D eigenvalue weighted by atomic mass is 19.4. The molecular formula is C26H26F4N8O3. The van der Waals surface area contributed by atoms with Gasteiger partial charge < -0.3 is 15.8 Å². The Morgan fingerprint density at radius 1 is 1.15 bits per heavy atom. The van der Waals surface area contributed by atoms with Crippen LogP contribution in [0.25, 0.3) is 0 Å². The number of morpholine rings is 1. The summed E-state index contributed by atoms with van der Waals surface area (Å²) < 4.78 is 59.6. The van der Waals surface area contributed by atoms with Crippen molar-refractivity contribution in [1.29, 1.82) is 0 Å². The second-order valence-corrected chi connectivity index (χ2v) is 9.60. The molecule has 0 saturated carbocycles. The number of nitrogens with zero attached hydrogens (tertiary/aromatic N) is 5. The molecule has 1 fully saturated rings. The summed E-state index contributed by atoms with van der Waals surface area (Å²) in [6, 6.07) is 3.77. The number of amides is 2. The number of aliphatic imine (C=N–C) groups is 1. The fourth-order valence-electron chi connectivity index (χ4n) is 5.10. The number of benzene rings is 1. The molecule has 2 aromatic rings. The van der Waals surface area contributed by atoms with Gasteiger partial charge in [0.2, 0.25) is 0 Å². The number of rotatable bonds is 6. The van der Waals surface area contributed by atoms with Crippen LogP contribution in [0.1, 0.15) is 24.0 Å². The predicted octanol–water partition coefficient (Wildman–Crippen LogP) is 3.14. The van der Waals surface area contributed by atoms with Crippen LogP contribution in [0.5, 0.6) is 0 Å². The molecule has 5 rings (SSSR count). The van der Waals surface area contributed by atoms with Crippen molar-refractivity contribution < 1.29 is 31.9 Å². The Morgan fingerprint density at radius 2 is 1.90 bits per heavy atom. The molecule has 2 unspecified atom stereocenters. The third-order valence-electron chi connectivity index (χ3n) is 6.95. The summed E-state index contributed by atoms with van der Waals surface area (Å²) >= 11 is 0. The number of nitrogens with two attached hydrogens (primary N) is 1. The van der Waals surface area contributed by atoms with Crippen LogP contribution in [0.2, 0.25) is 0 Å². The van der Waals surface area contributed by atoms with Gasteiger partial charge in [-0.1, -0.05) is 6.07 Å². The van der Waals surface area contributed by atoms with Crippen molar-refractivity contribution in [2.24, 2.45) is 15.8 Å². The maximum atomic E-state index is 15.3. The van der Waals surface area contributed by atoms with E-state index >= 15 is 4.39 Å². The summed E-state index contributed by atoms with van der Waals surface area (Å²) in [5.74, 6) is -1.92. The normalized spacial score (nSPS) is 21.0. The van der Waals surface area contributed by atoms with Gasteiger partial charge in [0.1, 0.15) is 29.9 Å². The van der Waals surface area contributed by atoms with Gasteiger partial charge in [-0.2, -0.15) is 18.3 Å². The maximum absolute atomic E-state index is 15.3. The standard InChI is InChI=1S/C26H26F4N8O3/c1-14(39)21-19(12-37-6-8-41-9-7-37)38-23(24(31)33-13-34-38)22(21)15-2-3-18(17(27)10-15)35-25(40)36-20-11-16(4-5-32-20)26(28,29)30/h2-5,10-11,13,22-23H,6-9,12H2,1H3,(H2,31,33,34)(H2,32,35,36,40). The van der Waals surface area contributed by atoms with Crippen LogP contribution in [-0.2, 0) is 15.7 Å². The Kier molecular flexibility index (Phi) is 7.73. The molecule has 1 aromatic heterocycles. The Balaban J connectivity index is 1.40. The number of fused-ring (bicyclic) bond motifs is 1. The van der Waals surface area contributed by atoms with Crippen LogP contribution in [0, 0.1) is 5.82 Å². The Hall–Kier alpha value is -4.37. The van der Waals surface area contributed by atoms with E-state index in [1.165, 1.54) is 31.5 Å². The second-order valence-electron chi connectivity index (χ2n) is 9.60. The number of hydrogen-bond donors (Lipinski definition) is 3. The molecule has 216 valence electrons. The second kappa shape index (κ2) is 11.2. The molecule has 0 radical (unpaired) electrons. The van der Waals surface area contributed by atoms with E-state index in [1.807, 2.05) is 0 Å². The van der Waals surface area contributed by atoms with Gasteiger partial charge in [0.05, 0.1) is 30.2 Å². The highest BCUT2D eigenvalue weighted by Crippen LogP contribution is 2.43. The number of halogens is 4. The number of hydrazone groups is 1. The molecule has 2 atom stereocenters. The number of pyridine rings is 1. The number of ether oxygens (including phenoxy) is 1. The summed E-state index contributed by atoms with van der Waals surface area (Å²) in [5, 5.41) is 10.5. The zero-order valence-electron chi connectivity index (χ0n) is 21.8. The molecule has 15 heteroatoms. The minimum absolute atomic E-state index is 0.205. The molecule has 1 saturated heterocycles. The molecule has 4 N–H and O–H groups in total. The number of hydrogen-bond acceptors (Lipinski definition) is 9. The lowest BCUT2D eigenvalue weighted by molar-refractivity contribution is -0.137. The Morgan fingerprint density at radius 3 is 2.59 bits per heavy atom. The molecule has 0 bridgehead atoms. The Bertz CT molecular complexity index is 1450. The van der Waals surface area contributed by atoms with Gasteiger partial charge >= 0.3 is 12.2 Å². The van der Waals surface area contributed by atoms with E-state index < -0.39 is 35.5 Å². The van der Waals surface area contributed by atoms with E-state index in [9.17, 15) is 22.8 Å². The van der Waals surface area contributed by atoms with Gasteiger partial charge in [-0.05, 0) is 36.8 Å². The number of nitrogens with one attached hydrogen (secondary N) is 2. The zero-order valence-corrected chi connectivity index (χ0v) is 21.8. The summed E-state index contributed by atoms with van der Waals surface area (Å²) in [4.78, 5) is 35.3. The van der Waals surface area contributed by atoms with Gasteiger partial charge in [-0.3, -0.25) is 20.0 Å². The number of anilines is 2. The van der Waals surface area contributed by atoms with Crippen molar-refractivity contribution >= 4 is 35.5 Å². The quantitative estimate of drug-likeness (QED) is 0.451. The van der Waals surface area contributed by atoms with Gasteiger partial charge in [0.25, 0.3) is 0 Å². The van der Waals surface area contributed by atoms with Gasteiger partial charge in [-0.25, -0.2) is 19.2 Å². The van der Waals surface area contributed by atoms with Crippen molar-refractivity contribution in [1.82, 2.24) is 14.9 Å². The molecule has 41 heavy (non-hydrogen) atoms. The molecule has 0 aliphatic carbocycles. The van der Waals surface area contributed by atoms with Crippen LogP contribution in [0.3, 0.4) is 0 Å². The summed E-state index contributed by atoms with van der Waals surface area (Å²) in [6.07, 6.45) is -2.42. The first-order chi connectivity index (χ1) is 19.5. The SMILES string of the molecule is CC(=O)C1=C(CN2CCOCC2)N2N=CN=C(N)C2C1c1ccc(NC(=O)Nc2cc(C(F)(F)F)ccn2)c(F)c1. The number of alkyl halides is 3. The highest BCUT2D eigenvalue weighted by molar-refractivity contribution is 6.02. The summed E-state index contributed by atoms with van der Waals surface area (Å²) in [5.41, 5.74) is 6.49. The van der Waals surface area contributed by atoms with Crippen molar-refractivity contribution in [3.63, 3.8) is 0 Å². The fraction of sp³-hybridized carbons (Fsp3) is 0.346. The topological polar surface area (TPSA) is 138 Å². The third-order valence-corrected chi connectivity index (χ3v) is 6.95. The number of urea groups is 1. The van der Waals surface area contributed by atoms with Crippen LogP contribution in [0.15, 0.2) is 57.9 Å². The van der Waals surface area contributed by atoms with E-state index in [0.29, 0.717) is 55.7 Å². The highest BCUT2D eigenvalue weighted by Gasteiger charge is 2.47. The lowest BCUT2D eigenvalue weighted by Crippen LogP contribution is -2.46. The lowest BCUT2D eigenvalue weighted by atomic mass is 9.84. The monoisotopic (exact) mass is 574 g/mol.